The molecular weight excluding hydrogens is 268 g/mol. The molecule has 1 aliphatic rings. The third-order valence-corrected chi connectivity index (χ3v) is 4.05. The zero-order chi connectivity index (χ0) is 11.8. The van der Waals surface area contributed by atoms with E-state index in [-0.39, 0.29) is 11.8 Å². The van der Waals surface area contributed by atoms with E-state index in [9.17, 15) is 4.79 Å². The highest BCUT2D eigenvalue weighted by molar-refractivity contribution is 9.10. The zero-order valence-electron chi connectivity index (χ0n) is 9.29. The molecule has 0 spiro atoms. The third kappa shape index (κ3) is 2.01. The molecule has 0 bridgehead atoms. The molecule has 0 radical (unpaired) electrons. The van der Waals surface area contributed by atoms with Gasteiger partial charge in [0.05, 0.1) is 6.42 Å². The normalized spacial score (nSPS) is 17.9. The first-order valence-electron chi connectivity index (χ1n) is 5.52. The van der Waals surface area contributed by atoms with E-state index in [1.165, 1.54) is 11.1 Å². The lowest BCUT2D eigenvalue weighted by atomic mass is 9.61. The molecule has 1 aliphatic carbocycles. The van der Waals surface area contributed by atoms with E-state index in [0.717, 1.165) is 23.7 Å². The van der Waals surface area contributed by atoms with Crippen LogP contribution in [-0.2, 0) is 10.2 Å². The van der Waals surface area contributed by atoms with Crippen LogP contribution in [0, 0.1) is 6.92 Å². The molecule has 0 amide bonds. The molecule has 0 unspecified atom stereocenters. The molecule has 2 rings (SSSR count). The summed E-state index contributed by atoms with van der Waals surface area (Å²) in [6, 6.07) is 6.14. The van der Waals surface area contributed by atoms with Crippen molar-refractivity contribution in [3.05, 3.63) is 33.8 Å². The highest BCUT2D eigenvalue weighted by atomic mass is 79.9. The second-order valence-electron chi connectivity index (χ2n) is 4.66. The number of rotatable bonds is 3. The monoisotopic (exact) mass is 282 g/mol. The minimum atomic E-state index is -0.693. The molecule has 1 saturated carbocycles. The molecule has 86 valence electrons. The maximum atomic E-state index is 11.0. The van der Waals surface area contributed by atoms with Crippen molar-refractivity contribution in [1.82, 2.24) is 0 Å². The van der Waals surface area contributed by atoms with Gasteiger partial charge in [-0.2, -0.15) is 0 Å². The second kappa shape index (κ2) is 4.21. The van der Waals surface area contributed by atoms with Crippen LogP contribution in [0.15, 0.2) is 22.7 Å². The van der Waals surface area contributed by atoms with Crippen molar-refractivity contribution in [3.8, 4) is 0 Å². The quantitative estimate of drug-likeness (QED) is 0.919. The smallest absolute Gasteiger partial charge is 0.304 e. The molecule has 1 N–H and O–H groups in total. The maximum Gasteiger partial charge on any atom is 0.304 e. The molecule has 3 heteroatoms. The predicted octanol–water partition coefficient (Wildman–Crippen LogP) is 3.65. The fraction of sp³-hybridized carbons (Fsp3) is 0.462. The Morgan fingerprint density at radius 2 is 2.19 bits per heavy atom. The first-order valence-corrected chi connectivity index (χ1v) is 6.31. The van der Waals surface area contributed by atoms with Crippen LogP contribution in [0.5, 0.6) is 0 Å². The number of carboxylic acid groups (broad SMARTS) is 1. The van der Waals surface area contributed by atoms with E-state index < -0.39 is 5.97 Å². The summed E-state index contributed by atoms with van der Waals surface area (Å²) in [7, 11) is 0. The lowest BCUT2D eigenvalue weighted by Crippen LogP contribution is -2.37. The van der Waals surface area contributed by atoms with Gasteiger partial charge in [0.25, 0.3) is 0 Å². The molecule has 0 heterocycles. The van der Waals surface area contributed by atoms with Crippen LogP contribution in [0.1, 0.15) is 36.8 Å². The van der Waals surface area contributed by atoms with E-state index in [2.05, 4.69) is 35.0 Å². The van der Waals surface area contributed by atoms with E-state index in [1.54, 1.807) is 0 Å². The van der Waals surface area contributed by atoms with Crippen LogP contribution in [0.25, 0.3) is 0 Å². The van der Waals surface area contributed by atoms with E-state index in [4.69, 9.17) is 5.11 Å². The van der Waals surface area contributed by atoms with Crippen LogP contribution < -0.4 is 0 Å². The molecule has 2 nitrogen and oxygen atoms in total. The summed E-state index contributed by atoms with van der Waals surface area (Å²) in [6.07, 6.45) is 3.40. The molecule has 1 aromatic rings. The third-order valence-electron chi connectivity index (χ3n) is 3.56. The number of aryl methyl sites for hydroxylation is 1. The average molecular weight is 283 g/mol. The van der Waals surface area contributed by atoms with Crippen LogP contribution in [0.4, 0.5) is 0 Å². The lowest BCUT2D eigenvalue weighted by molar-refractivity contribution is -0.139. The highest BCUT2D eigenvalue weighted by Gasteiger charge is 2.41. The summed E-state index contributed by atoms with van der Waals surface area (Å²) in [6.45, 7) is 2.06. The van der Waals surface area contributed by atoms with Gasteiger partial charge in [-0.05, 0) is 43.0 Å². The summed E-state index contributed by atoms with van der Waals surface area (Å²) in [5.41, 5.74) is 2.30. The first kappa shape index (κ1) is 11.6. The van der Waals surface area contributed by atoms with Crippen molar-refractivity contribution in [2.45, 2.75) is 38.0 Å². The summed E-state index contributed by atoms with van der Waals surface area (Å²) in [4.78, 5) is 11.0. The number of carboxylic acids is 1. The van der Waals surface area contributed by atoms with E-state index in [1.807, 2.05) is 6.07 Å². The molecule has 0 saturated heterocycles. The minimum Gasteiger partial charge on any atom is -0.481 e. The van der Waals surface area contributed by atoms with Crippen molar-refractivity contribution in [1.29, 1.82) is 0 Å². The van der Waals surface area contributed by atoms with Gasteiger partial charge in [0.15, 0.2) is 0 Å². The number of carbonyl (C=O) groups is 1. The zero-order valence-corrected chi connectivity index (χ0v) is 10.9. The Morgan fingerprint density at radius 3 is 2.62 bits per heavy atom. The van der Waals surface area contributed by atoms with E-state index >= 15 is 0 Å². The molecule has 16 heavy (non-hydrogen) atoms. The Balaban J connectivity index is 2.36. The first-order chi connectivity index (χ1) is 7.53. The number of benzene rings is 1. The highest BCUT2D eigenvalue weighted by Crippen LogP contribution is 2.47. The Labute approximate surface area is 104 Å². The molecule has 0 aliphatic heterocycles. The lowest BCUT2D eigenvalue weighted by Gasteiger charge is -2.42. The van der Waals surface area contributed by atoms with Crippen molar-refractivity contribution < 1.29 is 9.90 Å². The average Bonchev–Trinajstić information content (AvgIpc) is 2.12. The van der Waals surface area contributed by atoms with Crippen molar-refractivity contribution in [2.24, 2.45) is 0 Å². The van der Waals surface area contributed by atoms with Gasteiger partial charge in [-0.15, -0.1) is 0 Å². The van der Waals surface area contributed by atoms with Crippen molar-refractivity contribution >= 4 is 21.9 Å². The Bertz CT molecular complexity index is 422. The van der Waals surface area contributed by atoms with Gasteiger partial charge in [-0.3, -0.25) is 4.79 Å². The molecule has 0 aromatic heterocycles. The van der Waals surface area contributed by atoms with Crippen LogP contribution in [-0.4, -0.2) is 11.1 Å². The number of hydrogen-bond donors (Lipinski definition) is 1. The van der Waals surface area contributed by atoms with Crippen molar-refractivity contribution in [3.63, 3.8) is 0 Å². The molecule has 1 fully saturated rings. The topological polar surface area (TPSA) is 37.3 Å². The van der Waals surface area contributed by atoms with E-state index in [0.29, 0.717) is 0 Å². The van der Waals surface area contributed by atoms with Crippen molar-refractivity contribution in [2.75, 3.05) is 0 Å². The Morgan fingerprint density at radius 1 is 1.50 bits per heavy atom. The number of hydrogen-bond acceptors (Lipinski definition) is 1. The summed E-state index contributed by atoms with van der Waals surface area (Å²) < 4.78 is 1.05. The minimum absolute atomic E-state index is 0.101. The Kier molecular flexibility index (Phi) is 3.06. The molecule has 0 atom stereocenters. The maximum absolute atomic E-state index is 11.0. The SMILES string of the molecule is Cc1cc(Br)ccc1C1(CC(=O)O)CCC1. The summed E-state index contributed by atoms with van der Waals surface area (Å²) in [5.74, 6) is -0.693. The largest absolute Gasteiger partial charge is 0.481 e. The Hall–Kier alpha value is -0.830. The fourth-order valence-corrected chi connectivity index (χ4v) is 3.13. The van der Waals surface area contributed by atoms with Gasteiger partial charge in [0, 0.05) is 9.89 Å². The standard InChI is InChI=1S/C13H15BrO2/c1-9-7-10(14)3-4-11(9)13(5-2-6-13)8-12(15)16/h3-4,7H,2,5-6,8H2,1H3,(H,15,16). The molecular formula is C13H15BrO2. The van der Waals surface area contributed by atoms with Crippen LogP contribution in [0.2, 0.25) is 0 Å². The number of aliphatic carboxylic acids is 1. The number of halogens is 1. The van der Waals surface area contributed by atoms with Crippen LogP contribution >= 0.6 is 15.9 Å². The van der Waals surface area contributed by atoms with Crippen LogP contribution in [0.3, 0.4) is 0 Å². The fourth-order valence-electron chi connectivity index (χ4n) is 2.66. The van der Waals surface area contributed by atoms with Gasteiger partial charge >= 0.3 is 5.97 Å². The van der Waals surface area contributed by atoms with Gasteiger partial charge < -0.3 is 5.11 Å². The van der Waals surface area contributed by atoms with Gasteiger partial charge in [-0.1, -0.05) is 28.4 Å². The molecule has 1 aromatic carbocycles. The summed E-state index contributed by atoms with van der Waals surface area (Å²) >= 11 is 3.44. The second-order valence-corrected chi connectivity index (χ2v) is 5.58. The van der Waals surface area contributed by atoms with Gasteiger partial charge in [0.2, 0.25) is 0 Å². The summed E-state index contributed by atoms with van der Waals surface area (Å²) in [5, 5.41) is 9.01. The van der Waals surface area contributed by atoms with Gasteiger partial charge in [0.1, 0.15) is 0 Å². The predicted molar refractivity (Wildman–Crippen MR) is 66.7 cm³/mol. The van der Waals surface area contributed by atoms with Gasteiger partial charge in [-0.25, -0.2) is 0 Å².